The molecule has 0 aliphatic rings. The highest BCUT2D eigenvalue weighted by Gasteiger charge is 2.14. The molecule has 0 spiro atoms. The maximum absolute atomic E-state index is 10.7. The average molecular weight is 375 g/mol. The second-order valence-corrected chi connectivity index (χ2v) is 6.93. The van der Waals surface area contributed by atoms with E-state index in [4.69, 9.17) is 16.6 Å². The smallest absolute Gasteiger partial charge is 0.178 e. The molecule has 0 aliphatic carbocycles. The van der Waals surface area contributed by atoms with Crippen LogP contribution in [0.4, 0.5) is 5.69 Å². The molecule has 0 bridgehead atoms. The molecule has 0 radical (unpaired) electrons. The maximum atomic E-state index is 10.7. The Morgan fingerprint density at radius 2 is 1.56 bits per heavy atom. The lowest BCUT2D eigenvalue weighted by atomic mass is 10.1. The van der Waals surface area contributed by atoms with E-state index in [0.717, 1.165) is 40.5 Å². The minimum absolute atomic E-state index is 0.0170. The number of hydrogen-bond acceptors (Lipinski definition) is 4. The highest BCUT2D eigenvalue weighted by molar-refractivity contribution is 7.71. The zero-order valence-electron chi connectivity index (χ0n) is 15.4. The normalized spacial score (nSPS) is 11.2. The molecule has 3 nitrogen and oxygen atoms in total. The third-order valence-electron chi connectivity index (χ3n) is 4.99. The fourth-order valence-corrected chi connectivity index (χ4v) is 3.73. The number of benzene rings is 3. The van der Waals surface area contributed by atoms with E-state index in [1.807, 2.05) is 60.7 Å². The fraction of sp³-hybridized carbons (Fsp3) is 0.174. The summed E-state index contributed by atoms with van der Waals surface area (Å²) in [4.78, 5) is 2.27. The highest BCUT2D eigenvalue weighted by atomic mass is 32.1. The van der Waals surface area contributed by atoms with Crippen LogP contribution in [0.15, 0.2) is 65.1 Å². The van der Waals surface area contributed by atoms with E-state index in [1.54, 1.807) is 0 Å². The molecule has 0 saturated heterocycles. The van der Waals surface area contributed by atoms with Crippen molar-refractivity contribution >= 4 is 39.6 Å². The summed E-state index contributed by atoms with van der Waals surface area (Å²) < 4.78 is 6.51. The number of anilines is 1. The van der Waals surface area contributed by atoms with Crippen molar-refractivity contribution in [3.8, 4) is 17.1 Å². The molecule has 4 heteroatoms. The van der Waals surface area contributed by atoms with Gasteiger partial charge >= 0.3 is 0 Å². The molecule has 1 N–H and O–H groups in total. The van der Waals surface area contributed by atoms with Crippen molar-refractivity contribution in [1.29, 1.82) is 0 Å². The number of fused-ring (bicyclic) bond motifs is 2. The first-order valence-corrected chi connectivity index (χ1v) is 9.57. The van der Waals surface area contributed by atoms with Gasteiger partial charge in [-0.1, -0.05) is 36.5 Å². The first kappa shape index (κ1) is 17.6. The Balaban J connectivity index is 1.87. The van der Waals surface area contributed by atoms with Crippen molar-refractivity contribution in [2.24, 2.45) is 0 Å². The number of hydrogen-bond donors (Lipinski definition) is 1. The van der Waals surface area contributed by atoms with Gasteiger partial charge in [0.25, 0.3) is 0 Å². The van der Waals surface area contributed by atoms with Crippen LogP contribution >= 0.6 is 12.2 Å². The molecule has 0 aliphatic heterocycles. The molecule has 3 aromatic carbocycles. The predicted molar refractivity (Wildman–Crippen MR) is 115 cm³/mol. The average Bonchev–Trinajstić information content (AvgIpc) is 2.71. The molecular weight excluding hydrogens is 354 g/mol. The Hall–Kier alpha value is -2.85. The SMILES string of the molecule is CCN(CC)c1ccc(-c2oc3cc4ccccc4cc3c(=S)c2O)cc1. The van der Waals surface area contributed by atoms with Crippen LogP contribution in [0.1, 0.15) is 13.8 Å². The van der Waals surface area contributed by atoms with Crippen LogP contribution in [-0.4, -0.2) is 18.2 Å². The van der Waals surface area contributed by atoms with Crippen LogP contribution < -0.4 is 4.90 Å². The van der Waals surface area contributed by atoms with Gasteiger partial charge in [-0.2, -0.15) is 0 Å². The third-order valence-corrected chi connectivity index (χ3v) is 5.41. The summed E-state index contributed by atoms with van der Waals surface area (Å²) in [5.74, 6) is 0.428. The molecular formula is C23H21NO2S. The molecule has 0 atom stereocenters. The summed E-state index contributed by atoms with van der Waals surface area (Å²) >= 11 is 5.53. The van der Waals surface area contributed by atoms with Gasteiger partial charge < -0.3 is 14.4 Å². The topological polar surface area (TPSA) is 36.6 Å². The van der Waals surface area contributed by atoms with Crippen LogP contribution in [0.3, 0.4) is 0 Å². The minimum Gasteiger partial charge on any atom is -0.503 e. The van der Waals surface area contributed by atoms with Gasteiger partial charge in [0.15, 0.2) is 11.5 Å². The molecule has 1 heterocycles. The lowest BCUT2D eigenvalue weighted by molar-refractivity contribution is 0.452. The van der Waals surface area contributed by atoms with Crippen LogP contribution in [0.5, 0.6) is 5.75 Å². The quantitative estimate of drug-likeness (QED) is 0.325. The second kappa shape index (κ2) is 7.05. The second-order valence-electron chi connectivity index (χ2n) is 6.52. The Morgan fingerprint density at radius 1 is 0.926 bits per heavy atom. The summed E-state index contributed by atoms with van der Waals surface area (Å²) in [6, 6.07) is 20.0. The molecule has 0 amide bonds. The standard InChI is InChI=1S/C23H21NO2S/c1-3-24(4-2)18-11-9-15(10-12-18)22-21(25)23(27)19-13-16-7-5-6-8-17(16)14-20(19)26-22/h5-14,25H,3-4H2,1-2H3. The van der Waals surface area contributed by atoms with Crippen molar-refractivity contribution in [2.45, 2.75) is 13.8 Å². The van der Waals surface area contributed by atoms with Crippen LogP contribution in [0.25, 0.3) is 33.1 Å². The number of aromatic hydroxyl groups is 1. The summed E-state index contributed by atoms with van der Waals surface area (Å²) in [7, 11) is 0. The Labute approximate surface area is 163 Å². The lowest BCUT2D eigenvalue weighted by Gasteiger charge is -2.21. The zero-order valence-corrected chi connectivity index (χ0v) is 16.2. The largest absolute Gasteiger partial charge is 0.503 e. The molecule has 136 valence electrons. The van der Waals surface area contributed by atoms with E-state index < -0.39 is 0 Å². The molecule has 27 heavy (non-hydrogen) atoms. The summed E-state index contributed by atoms with van der Waals surface area (Å²) in [5.41, 5.74) is 2.64. The van der Waals surface area contributed by atoms with Crippen molar-refractivity contribution in [3.05, 3.63) is 65.2 Å². The van der Waals surface area contributed by atoms with E-state index in [-0.39, 0.29) is 5.75 Å². The predicted octanol–water partition coefficient (Wildman–Crippen LogP) is 6.53. The van der Waals surface area contributed by atoms with Gasteiger partial charge in [-0.15, -0.1) is 0 Å². The van der Waals surface area contributed by atoms with Gasteiger partial charge in [-0.3, -0.25) is 0 Å². The van der Waals surface area contributed by atoms with E-state index in [0.29, 0.717) is 15.9 Å². The number of nitrogens with zero attached hydrogens (tertiary/aromatic N) is 1. The molecule has 4 rings (SSSR count). The highest BCUT2D eigenvalue weighted by Crippen LogP contribution is 2.37. The minimum atomic E-state index is 0.0170. The lowest BCUT2D eigenvalue weighted by Crippen LogP contribution is -2.21. The first-order valence-electron chi connectivity index (χ1n) is 9.16. The summed E-state index contributed by atoms with van der Waals surface area (Å²) in [5, 5.41) is 13.6. The molecule has 0 unspecified atom stereocenters. The van der Waals surface area contributed by atoms with Gasteiger partial charge in [0, 0.05) is 29.7 Å². The molecule has 1 aromatic heterocycles. The van der Waals surface area contributed by atoms with Crippen LogP contribution in [0.2, 0.25) is 0 Å². The van der Waals surface area contributed by atoms with Crippen molar-refractivity contribution < 1.29 is 9.52 Å². The Morgan fingerprint density at radius 3 is 2.19 bits per heavy atom. The van der Waals surface area contributed by atoms with Gasteiger partial charge in [0.2, 0.25) is 0 Å². The molecule has 4 aromatic rings. The van der Waals surface area contributed by atoms with E-state index in [2.05, 4.69) is 18.7 Å². The molecule has 0 saturated carbocycles. The van der Waals surface area contributed by atoms with Gasteiger partial charge in [-0.05, 0) is 61.0 Å². The first-order chi connectivity index (χ1) is 13.1. The van der Waals surface area contributed by atoms with E-state index in [9.17, 15) is 5.11 Å². The van der Waals surface area contributed by atoms with Gasteiger partial charge in [0.05, 0.1) is 4.51 Å². The van der Waals surface area contributed by atoms with Crippen molar-refractivity contribution in [1.82, 2.24) is 0 Å². The molecule has 0 fully saturated rings. The third kappa shape index (κ3) is 3.06. The number of rotatable bonds is 4. The van der Waals surface area contributed by atoms with E-state index >= 15 is 0 Å². The Kier molecular flexibility index (Phi) is 4.58. The zero-order chi connectivity index (χ0) is 19.0. The van der Waals surface area contributed by atoms with Gasteiger partial charge in [0.1, 0.15) is 5.58 Å². The fourth-order valence-electron chi connectivity index (χ4n) is 3.48. The Bertz CT molecular complexity index is 1170. The van der Waals surface area contributed by atoms with Crippen molar-refractivity contribution in [3.63, 3.8) is 0 Å². The monoisotopic (exact) mass is 375 g/mol. The summed E-state index contributed by atoms with van der Waals surface area (Å²) in [6.07, 6.45) is 0. The van der Waals surface area contributed by atoms with Gasteiger partial charge in [-0.25, -0.2) is 0 Å². The van der Waals surface area contributed by atoms with E-state index in [1.165, 1.54) is 0 Å². The van der Waals surface area contributed by atoms with Crippen LogP contribution in [-0.2, 0) is 0 Å². The van der Waals surface area contributed by atoms with Crippen LogP contribution in [0, 0.1) is 4.51 Å². The maximum Gasteiger partial charge on any atom is 0.178 e. The van der Waals surface area contributed by atoms with Crippen molar-refractivity contribution in [2.75, 3.05) is 18.0 Å². The summed E-state index contributed by atoms with van der Waals surface area (Å²) in [6.45, 7) is 6.17.